The Hall–Kier alpha value is -1.35. The fraction of sp³-hybridized carbons (Fsp3) is 0.364. The third-order valence-electron chi connectivity index (χ3n) is 2.04. The number of anilines is 1. The van der Waals surface area contributed by atoms with Crippen LogP contribution in [-0.4, -0.2) is 5.91 Å². The number of hydrogen-bond acceptors (Lipinski definition) is 2. The average molecular weight is 192 g/mol. The summed E-state index contributed by atoms with van der Waals surface area (Å²) in [6.45, 7) is 3.76. The lowest BCUT2D eigenvalue weighted by atomic mass is 10.1. The maximum absolute atomic E-state index is 11.1. The number of rotatable bonds is 3. The van der Waals surface area contributed by atoms with Crippen molar-refractivity contribution in [1.29, 1.82) is 0 Å². The van der Waals surface area contributed by atoms with Crippen LogP contribution in [0.3, 0.4) is 0 Å². The Balaban J connectivity index is 2.69. The summed E-state index contributed by atoms with van der Waals surface area (Å²) < 4.78 is 0. The molecule has 1 atom stereocenters. The van der Waals surface area contributed by atoms with Crippen molar-refractivity contribution in [2.75, 3.05) is 5.32 Å². The van der Waals surface area contributed by atoms with E-state index in [1.165, 1.54) is 0 Å². The van der Waals surface area contributed by atoms with E-state index in [2.05, 4.69) is 5.32 Å². The molecule has 3 N–H and O–H groups in total. The fourth-order valence-electron chi connectivity index (χ4n) is 1.12. The molecular weight excluding hydrogens is 176 g/mol. The molecule has 76 valence electrons. The van der Waals surface area contributed by atoms with Gasteiger partial charge in [-0.1, -0.05) is 19.1 Å². The van der Waals surface area contributed by atoms with Crippen LogP contribution in [-0.2, 0) is 4.79 Å². The van der Waals surface area contributed by atoms with E-state index in [1.807, 2.05) is 38.1 Å². The second-order valence-electron chi connectivity index (χ2n) is 3.31. The molecule has 0 spiro atoms. The molecule has 1 aromatic rings. The zero-order chi connectivity index (χ0) is 10.6. The van der Waals surface area contributed by atoms with Gasteiger partial charge in [0.25, 0.3) is 0 Å². The topological polar surface area (TPSA) is 55.1 Å². The SMILES string of the molecule is CCC(=O)Nc1ccc(C(C)N)cc1. The minimum absolute atomic E-state index is 0.0264. The summed E-state index contributed by atoms with van der Waals surface area (Å²) in [5.41, 5.74) is 7.59. The van der Waals surface area contributed by atoms with Gasteiger partial charge in [-0.15, -0.1) is 0 Å². The molecule has 1 rings (SSSR count). The zero-order valence-electron chi connectivity index (χ0n) is 8.58. The summed E-state index contributed by atoms with van der Waals surface area (Å²) in [5, 5.41) is 2.78. The van der Waals surface area contributed by atoms with E-state index in [-0.39, 0.29) is 11.9 Å². The number of carbonyl (C=O) groups excluding carboxylic acids is 1. The third kappa shape index (κ3) is 2.85. The highest BCUT2D eigenvalue weighted by atomic mass is 16.1. The van der Waals surface area contributed by atoms with E-state index in [1.54, 1.807) is 0 Å². The van der Waals surface area contributed by atoms with Crippen LogP contribution in [0.2, 0.25) is 0 Å². The molecule has 1 aromatic carbocycles. The highest BCUT2D eigenvalue weighted by Gasteiger charge is 2.00. The molecule has 0 aliphatic heterocycles. The molecule has 0 bridgehead atoms. The van der Waals surface area contributed by atoms with Crippen LogP contribution in [0, 0.1) is 0 Å². The second-order valence-corrected chi connectivity index (χ2v) is 3.31. The summed E-state index contributed by atoms with van der Waals surface area (Å²) in [6, 6.07) is 7.62. The van der Waals surface area contributed by atoms with Gasteiger partial charge in [0.1, 0.15) is 0 Å². The van der Waals surface area contributed by atoms with Crippen molar-refractivity contribution in [3.05, 3.63) is 29.8 Å². The number of hydrogen-bond donors (Lipinski definition) is 2. The van der Waals surface area contributed by atoms with E-state index >= 15 is 0 Å². The summed E-state index contributed by atoms with van der Waals surface area (Å²) >= 11 is 0. The second kappa shape index (κ2) is 4.77. The van der Waals surface area contributed by atoms with Crippen molar-refractivity contribution in [2.45, 2.75) is 26.3 Å². The smallest absolute Gasteiger partial charge is 0.224 e. The number of benzene rings is 1. The van der Waals surface area contributed by atoms with Gasteiger partial charge in [0.2, 0.25) is 5.91 Å². The van der Waals surface area contributed by atoms with E-state index < -0.39 is 0 Å². The molecule has 0 radical (unpaired) electrons. The van der Waals surface area contributed by atoms with Gasteiger partial charge in [0, 0.05) is 18.2 Å². The lowest BCUT2D eigenvalue weighted by molar-refractivity contribution is -0.115. The van der Waals surface area contributed by atoms with E-state index in [0.29, 0.717) is 6.42 Å². The minimum Gasteiger partial charge on any atom is -0.326 e. The molecule has 3 heteroatoms. The maximum Gasteiger partial charge on any atom is 0.224 e. The highest BCUT2D eigenvalue weighted by molar-refractivity contribution is 5.90. The van der Waals surface area contributed by atoms with E-state index in [0.717, 1.165) is 11.3 Å². The Morgan fingerprint density at radius 3 is 2.43 bits per heavy atom. The van der Waals surface area contributed by atoms with Crippen LogP contribution in [0.15, 0.2) is 24.3 Å². The Morgan fingerprint density at radius 1 is 1.43 bits per heavy atom. The standard InChI is InChI=1S/C11H16N2O/c1-3-11(14)13-10-6-4-9(5-7-10)8(2)12/h4-8H,3,12H2,1-2H3,(H,13,14). The minimum atomic E-state index is 0.0264. The number of nitrogens with one attached hydrogen (secondary N) is 1. The monoisotopic (exact) mass is 192 g/mol. The number of carbonyl (C=O) groups is 1. The van der Waals surface area contributed by atoms with E-state index in [4.69, 9.17) is 5.73 Å². The maximum atomic E-state index is 11.1. The first kappa shape index (κ1) is 10.7. The summed E-state index contributed by atoms with van der Waals surface area (Å²) in [6.07, 6.45) is 0.495. The molecule has 3 nitrogen and oxygen atoms in total. The summed E-state index contributed by atoms with van der Waals surface area (Å²) in [4.78, 5) is 11.1. The Labute approximate surface area is 84.3 Å². The molecule has 1 unspecified atom stereocenters. The molecule has 0 aliphatic rings. The van der Waals surface area contributed by atoms with Gasteiger partial charge in [-0.05, 0) is 24.6 Å². The van der Waals surface area contributed by atoms with Crippen LogP contribution < -0.4 is 11.1 Å². The Morgan fingerprint density at radius 2 is 2.00 bits per heavy atom. The van der Waals surface area contributed by atoms with Crippen LogP contribution in [0.1, 0.15) is 31.9 Å². The Kier molecular flexibility index (Phi) is 3.65. The largest absolute Gasteiger partial charge is 0.326 e. The summed E-state index contributed by atoms with van der Waals surface area (Å²) in [7, 11) is 0. The number of amides is 1. The first-order valence-electron chi connectivity index (χ1n) is 4.79. The molecular formula is C11H16N2O. The van der Waals surface area contributed by atoms with E-state index in [9.17, 15) is 4.79 Å². The molecule has 0 aliphatic carbocycles. The fourth-order valence-corrected chi connectivity index (χ4v) is 1.12. The third-order valence-corrected chi connectivity index (χ3v) is 2.04. The van der Waals surface area contributed by atoms with Gasteiger partial charge in [-0.25, -0.2) is 0 Å². The van der Waals surface area contributed by atoms with Gasteiger partial charge >= 0.3 is 0 Å². The van der Waals surface area contributed by atoms with Crippen LogP contribution in [0.25, 0.3) is 0 Å². The van der Waals surface area contributed by atoms with Crippen LogP contribution >= 0.6 is 0 Å². The first-order valence-corrected chi connectivity index (χ1v) is 4.79. The normalized spacial score (nSPS) is 12.2. The van der Waals surface area contributed by atoms with Crippen molar-refractivity contribution < 1.29 is 4.79 Å². The molecule has 0 heterocycles. The lowest BCUT2D eigenvalue weighted by Crippen LogP contribution is -2.10. The van der Waals surface area contributed by atoms with Gasteiger partial charge in [0.05, 0.1) is 0 Å². The number of nitrogens with two attached hydrogens (primary N) is 1. The summed E-state index contributed by atoms with van der Waals surface area (Å²) in [5.74, 6) is 0.0264. The molecule has 1 amide bonds. The molecule has 0 saturated heterocycles. The van der Waals surface area contributed by atoms with Crippen molar-refractivity contribution in [2.24, 2.45) is 5.73 Å². The lowest BCUT2D eigenvalue weighted by Gasteiger charge is -2.07. The predicted molar refractivity (Wildman–Crippen MR) is 58.0 cm³/mol. The molecule has 0 aromatic heterocycles. The van der Waals surface area contributed by atoms with Gasteiger partial charge < -0.3 is 11.1 Å². The zero-order valence-corrected chi connectivity index (χ0v) is 8.58. The average Bonchev–Trinajstić information content (AvgIpc) is 2.18. The van der Waals surface area contributed by atoms with Crippen molar-refractivity contribution in [1.82, 2.24) is 0 Å². The highest BCUT2D eigenvalue weighted by Crippen LogP contribution is 2.14. The van der Waals surface area contributed by atoms with Crippen molar-refractivity contribution >= 4 is 11.6 Å². The first-order chi connectivity index (χ1) is 6.63. The van der Waals surface area contributed by atoms with Crippen LogP contribution in [0.4, 0.5) is 5.69 Å². The Bertz CT molecular complexity index is 304. The quantitative estimate of drug-likeness (QED) is 0.770. The van der Waals surface area contributed by atoms with Crippen molar-refractivity contribution in [3.8, 4) is 0 Å². The van der Waals surface area contributed by atoms with Crippen LogP contribution in [0.5, 0.6) is 0 Å². The van der Waals surface area contributed by atoms with Crippen molar-refractivity contribution in [3.63, 3.8) is 0 Å². The van der Waals surface area contributed by atoms with Gasteiger partial charge in [0.15, 0.2) is 0 Å². The van der Waals surface area contributed by atoms with Gasteiger partial charge in [-0.2, -0.15) is 0 Å². The molecule has 0 fully saturated rings. The molecule has 14 heavy (non-hydrogen) atoms. The molecule has 0 saturated carbocycles. The predicted octanol–water partition coefficient (Wildman–Crippen LogP) is 2.05. The van der Waals surface area contributed by atoms with Gasteiger partial charge in [-0.3, -0.25) is 4.79 Å².